The summed E-state index contributed by atoms with van der Waals surface area (Å²) in [6.45, 7) is 17.8. The SMILES string of the molecule is CC(C)(C)[Si](C)(C)O[C@H]1CC(=O)O[C@H](CCO[Si](c2ccccc2)(c2ccccc2)C(C)(C)C)[C@H]1O. The minimum absolute atomic E-state index is 0.0179. The van der Waals surface area contributed by atoms with Gasteiger partial charge in [-0.2, -0.15) is 0 Å². The van der Waals surface area contributed by atoms with Gasteiger partial charge in [0.25, 0.3) is 8.32 Å². The normalized spacial score (nSPS) is 21.8. The maximum Gasteiger partial charge on any atom is 0.308 e. The molecule has 7 heteroatoms. The van der Waals surface area contributed by atoms with Gasteiger partial charge in [-0.25, -0.2) is 0 Å². The zero-order chi connectivity index (χ0) is 26.8. The van der Waals surface area contributed by atoms with E-state index in [9.17, 15) is 9.90 Å². The summed E-state index contributed by atoms with van der Waals surface area (Å²) < 4.78 is 19.0. The third kappa shape index (κ3) is 6.02. The van der Waals surface area contributed by atoms with Gasteiger partial charge in [-0.3, -0.25) is 4.79 Å². The van der Waals surface area contributed by atoms with E-state index in [0.29, 0.717) is 13.0 Å². The Balaban J connectivity index is 1.84. The molecule has 198 valence electrons. The van der Waals surface area contributed by atoms with Crippen molar-refractivity contribution < 1.29 is 23.5 Å². The second-order valence-electron chi connectivity index (χ2n) is 12.4. The number of aliphatic hydroxyl groups excluding tert-OH is 1. The third-order valence-corrected chi connectivity index (χ3v) is 17.3. The number of rotatable bonds is 8. The first-order valence-electron chi connectivity index (χ1n) is 13.0. The quantitative estimate of drug-likeness (QED) is 0.385. The van der Waals surface area contributed by atoms with Crippen LogP contribution in [0.3, 0.4) is 0 Å². The van der Waals surface area contributed by atoms with Gasteiger partial charge >= 0.3 is 5.97 Å². The van der Waals surface area contributed by atoms with E-state index >= 15 is 0 Å². The summed E-state index contributed by atoms with van der Waals surface area (Å²) in [7, 11) is -4.86. The topological polar surface area (TPSA) is 65.0 Å². The van der Waals surface area contributed by atoms with Crippen molar-refractivity contribution in [1.82, 2.24) is 0 Å². The number of aliphatic hydroxyl groups is 1. The summed E-state index contributed by atoms with van der Waals surface area (Å²) in [5.41, 5.74) is 0. The van der Waals surface area contributed by atoms with Gasteiger partial charge in [0.2, 0.25) is 0 Å². The summed E-state index contributed by atoms with van der Waals surface area (Å²) in [5.74, 6) is -0.320. The molecule has 2 aromatic rings. The summed E-state index contributed by atoms with van der Waals surface area (Å²) in [6, 6.07) is 20.9. The highest BCUT2D eigenvalue weighted by molar-refractivity contribution is 6.99. The first-order chi connectivity index (χ1) is 16.7. The molecule has 0 aliphatic carbocycles. The second-order valence-corrected chi connectivity index (χ2v) is 21.5. The van der Waals surface area contributed by atoms with Gasteiger partial charge < -0.3 is 18.7 Å². The zero-order valence-corrected chi connectivity index (χ0v) is 25.2. The Morgan fingerprint density at radius 1 is 0.889 bits per heavy atom. The molecule has 1 heterocycles. The van der Waals surface area contributed by atoms with Crippen molar-refractivity contribution in [2.75, 3.05) is 6.61 Å². The zero-order valence-electron chi connectivity index (χ0n) is 23.2. The lowest BCUT2D eigenvalue weighted by Gasteiger charge is -2.44. The van der Waals surface area contributed by atoms with E-state index in [1.54, 1.807) is 0 Å². The molecule has 0 unspecified atom stereocenters. The van der Waals surface area contributed by atoms with E-state index < -0.39 is 34.9 Å². The van der Waals surface area contributed by atoms with Gasteiger partial charge in [0.15, 0.2) is 8.32 Å². The van der Waals surface area contributed by atoms with Crippen molar-refractivity contribution in [2.45, 2.75) is 95.9 Å². The molecule has 0 radical (unpaired) electrons. The van der Waals surface area contributed by atoms with Crippen molar-refractivity contribution in [2.24, 2.45) is 0 Å². The van der Waals surface area contributed by atoms with Gasteiger partial charge in [0.05, 0.1) is 12.5 Å². The molecule has 2 aromatic carbocycles. The fraction of sp³-hybridized carbons (Fsp3) is 0.552. The van der Waals surface area contributed by atoms with Crippen LogP contribution in [0.1, 0.15) is 54.4 Å². The molecule has 1 N–H and O–H groups in total. The second kappa shape index (κ2) is 10.9. The molecule has 0 amide bonds. The Labute approximate surface area is 219 Å². The first-order valence-corrected chi connectivity index (χ1v) is 17.8. The Kier molecular flexibility index (Phi) is 8.73. The molecule has 0 bridgehead atoms. The Morgan fingerprint density at radius 2 is 1.39 bits per heavy atom. The van der Waals surface area contributed by atoms with Gasteiger partial charge in [-0.1, -0.05) is 102 Å². The molecule has 5 nitrogen and oxygen atoms in total. The minimum Gasteiger partial charge on any atom is -0.459 e. The van der Waals surface area contributed by atoms with E-state index in [1.807, 2.05) is 12.1 Å². The molecule has 0 spiro atoms. The number of benzene rings is 2. The third-order valence-electron chi connectivity index (χ3n) is 7.80. The number of carbonyl (C=O) groups excluding carboxylic acids is 1. The predicted octanol–water partition coefficient (Wildman–Crippen LogP) is 5.02. The summed E-state index contributed by atoms with van der Waals surface area (Å²) in [6.07, 6.45) is -1.59. The Morgan fingerprint density at radius 3 is 1.83 bits per heavy atom. The van der Waals surface area contributed by atoms with Gasteiger partial charge in [0.1, 0.15) is 12.2 Å². The molecule has 3 rings (SSSR count). The lowest BCUT2D eigenvalue weighted by Crippen LogP contribution is -2.66. The average Bonchev–Trinajstić information content (AvgIpc) is 2.79. The molecule has 1 aliphatic rings. The standard InChI is InChI=1S/C29H44O5Si2/c1-28(2,3)35(7,8)34-25-21-26(30)33-24(27(25)31)19-20-32-36(29(4,5)6,22-15-11-9-12-16-22)23-17-13-10-14-18-23/h9-18,24-25,27,31H,19-21H2,1-8H3/t24-,25+,27-/m1/s1. The molecule has 36 heavy (non-hydrogen) atoms. The lowest BCUT2D eigenvalue weighted by atomic mass is 10.00. The fourth-order valence-electron chi connectivity index (χ4n) is 4.80. The molecule has 0 aromatic heterocycles. The largest absolute Gasteiger partial charge is 0.459 e. The van der Waals surface area contributed by atoms with Crippen LogP contribution in [0.4, 0.5) is 0 Å². The summed E-state index contributed by atoms with van der Waals surface area (Å²) >= 11 is 0. The smallest absolute Gasteiger partial charge is 0.308 e. The number of cyclic esters (lactones) is 1. The maximum atomic E-state index is 12.5. The molecule has 1 saturated heterocycles. The van der Waals surface area contributed by atoms with Crippen LogP contribution in [0.2, 0.25) is 23.2 Å². The first kappa shape index (κ1) is 28.8. The van der Waals surface area contributed by atoms with Crippen molar-refractivity contribution in [1.29, 1.82) is 0 Å². The molecule has 0 saturated carbocycles. The van der Waals surface area contributed by atoms with Gasteiger partial charge in [-0.05, 0) is 33.5 Å². The Hall–Kier alpha value is -1.78. The predicted molar refractivity (Wildman–Crippen MR) is 151 cm³/mol. The highest BCUT2D eigenvalue weighted by atomic mass is 28.4. The molecular weight excluding hydrogens is 484 g/mol. The minimum atomic E-state index is -2.70. The highest BCUT2D eigenvalue weighted by Crippen LogP contribution is 2.40. The van der Waals surface area contributed by atoms with Gasteiger partial charge in [0, 0.05) is 13.0 Å². The summed E-state index contributed by atoms with van der Waals surface area (Å²) in [5, 5.41) is 13.4. The molecular formula is C29H44O5Si2. The van der Waals surface area contributed by atoms with Crippen molar-refractivity contribution in [3.05, 3.63) is 60.7 Å². The van der Waals surface area contributed by atoms with E-state index in [4.69, 9.17) is 13.6 Å². The van der Waals surface area contributed by atoms with E-state index in [-0.39, 0.29) is 22.5 Å². The lowest BCUT2D eigenvalue weighted by molar-refractivity contribution is -0.177. The monoisotopic (exact) mass is 528 g/mol. The van der Waals surface area contributed by atoms with Crippen LogP contribution in [0.25, 0.3) is 0 Å². The van der Waals surface area contributed by atoms with Crippen LogP contribution in [0.5, 0.6) is 0 Å². The van der Waals surface area contributed by atoms with Crippen LogP contribution in [0.15, 0.2) is 60.7 Å². The fourth-order valence-corrected chi connectivity index (χ4v) is 10.7. The van der Waals surface area contributed by atoms with Crippen LogP contribution in [0, 0.1) is 0 Å². The van der Waals surface area contributed by atoms with Gasteiger partial charge in [-0.15, -0.1) is 0 Å². The molecule has 1 fully saturated rings. The number of carbonyl (C=O) groups is 1. The van der Waals surface area contributed by atoms with E-state index in [2.05, 4.69) is 103 Å². The average molecular weight is 529 g/mol. The maximum absolute atomic E-state index is 12.5. The number of esters is 1. The number of hydrogen-bond acceptors (Lipinski definition) is 5. The van der Waals surface area contributed by atoms with Crippen LogP contribution in [-0.4, -0.2) is 52.6 Å². The number of hydrogen-bond donors (Lipinski definition) is 1. The van der Waals surface area contributed by atoms with Crippen LogP contribution in [-0.2, 0) is 18.4 Å². The van der Waals surface area contributed by atoms with Crippen LogP contribution < -0.4 is 10.4 Å². The number of ether oxygens (including phenoxy) is 1. The highest BCUT2D eigenvalue weighted by Gasteiger charge is 2.51. The van der Waals surface area contributed by atoms with Crippen molar-refractivity contribution in [3.63, 3.8) is 0 Å². The van der Waals surface area contributed by atoms with E-state index in [0.717, 1.165) is 0 Å². The van der Waals surface area contributed by atoms with Crippen molar-refractivity contribution >= 4 is 33.0 Å². The van der Waals surface area contributed by atoms with E-state index in [1.165, 1.54) is 10.4 Å². The Bertz CT molecular complexity index is 956. The molecule has 3 atom stereocenters. The summed E-state index contributed by atoms with van der Waals surface area (Å²) in [4.78, 5) is 12.5. The van der Waals surface area contributed by atoms with Crippen LogP contribution >= 0.6 is 0 Å². The molecule has 1 aliphatic heterocycles. The van der Waals surface area contributed by atoms with Crippen molar-refractivity contribution in [3.8, 4) is 0 Å².